The van der Waals surface area contributed by atoms with Gasteiger partial charge < -0.3 is 10.5 Å². The summed E-state index contributed by atoms with van der Waals surface area (Å²) in [7, 11) is 0. The summed E-state index contributed by atoms with van der Waals surface area (Å²) in [5.74, 6) is 0.421. The highest BCUT2D eigenvalue weighted by Gasteiger charge is 2.10. The zero-order valence-corrected chi connectivity index (χ0v) is 13.0. The Morgan fingerprint density at radius 2 is 2.05 bits per heavy atom. The van der Waals surface area contributed by atoms with E-state index in [0.717, 1.165) is 28.9 Å². The second kappa shape index (κ2) is 6.92. The van der Waals surface area contributed by atoms with E-state index in [4.69, 9.17) is 22.1 Å². The molecule has 1 unspecified atom stereocenters. The Morgan fingerprint density at radius 3 is 2.71 bits per heavy atom. The molecule has 0 saturated heterocycles. The van der Waals surface area contributed by atoms with Crippen molar-refractivity contribution in [1.29, 1.82) is 0 Å². The van der Waals surface area contributed by atoms with E-state index in [1.54, 1.807) is 12.1 Å². The lowest BCUT2D eigenvalue weighted by molar-refractivity contribution is 0.300. The number of halogens is 2. The summed E-state index contributed by atoms with van der Waals surface area (Å²) in [6.45, 7) is 4.31. The van der Waals surface area contributed by atoms with Crippen molar-refractivity contribution in [3.8, 4) is 5.75 Å². The van der Waals surface area contributed by atoms with Crippen LogP contribution in [0.15, 0.2) is 36.4 Å². The van der Waals surface area contributed by atoms with Crippen LogP contribution in [0.5, 0.6) is 5.75 Å². The quantitative estimate of drug-likeness (QED) is 0.896. The first-order valence-corrected chi connectivity index (χ1v) is 7.26. The van der Waals surface area contributed by atoms with Crippen molar-refractivity contribution >= 4 is 11.6 Å². The van der Waals surface area contributed by atoms with Crippen LogP contribution in [-0.4, -0.2) is 6.04 Å². The van der Waals surface area contributed by atoms with Gasteiger partial charge in [0.2, 0.25) is 0 Å². The molecule has 2 aromatic carbocycles. The van der Waals surface area contributed by atoms with Crippen LogP contribution < -0.4 is 10.5 Å². The summed E-state index contributed by atoms with van der Waals surface area (Å²) in [5.41, 5.74) is 8.84. The van der Waals surface area contributed by atoms with Gasteiger partial charge in [-0.25, -0.2) is 4.39 Å². The lowest BCUT2D eigenvalue weighted by atomic mass is 10.0. The topological polar surface area (TPSA) is 35.2 Å². The van der Waals surface area contributed by atoms with Crippen molar-refractivity contribution in [3.05, 3.63) is 63.9 Å². The molecule has 0 aromatic heterocycles. The molecule has 2 rings (SSSR count). The van der Waals surface area contributed by atoms with E-state index in [-0.39, 0.29) is 11.1 Å². The fraction of sp³-hybridized carbons (Fsp3) is 0.294. The predicted octanol–water partition coefficient (Wildman–Crippen LogP) is 4.26. The van der Waals surface area contributed by atoms with Crippen LogP contribution in [0, 0.1) is 12.7 Å². The van der Waals surface area contributed by atoms with Gasteiger partial charge in [-0.15, -0.1) is 0 Å². The molecule has 0 aliphatic rings. The molecule has 0 fully saturated rings. The summed E-state index contributed by atoms with van der Waals surface area (Å²) < 4.78 is 19.1. The summed E-state index contributed by atoms with van der Waals surface area (Å²) in [6.07, 6.45) is 0.751. The fourth-order valence-corrected chi connectivity index (χ4v) is 2.42. The lowest BCUT2D eigenvalue weighted by Gasteiger charge is -2.15. The second-order valence-electron chi connectivity index (χ2n) is 5.28. The number of ether oxygens (including phenoxy) is 1. The normalized spacial score (nSPS) is 12.2. The first-order chi connectivity index (χ1) is 9.97. The zero-order valence-electron chi connectivity index (χ0n) is 12.2. The molecule has 0 aliphatic carbocycles. The van der Waals surface area contributed by atoms with Gasteiger partial charge in [0.15, 0.2) is 0 Å². The number of aryl methyl sites for hydroxylation is 1. The molecule has 0 heterocycles. The second-order valence-corrected chi connectivity index (χ2v) is 5.69. The number of hydrogen-bond acceptors (Lipinski definition) is 2. The summed E-state index contributed by atoms with van der Waals surface area (Å²) in [6, 6.07) is 10.7. The lowest BCUT2D eigenvalue weighted by Crippen LogP contribution is -2.18. The van der Waals surface area contributed by atoms with Crippen LogP contribution in [0.3, 0.4) is 0 Å². The third-order valence-electron chi connectivity index (χ3n) is 3.20. The first-order valence-electron chi connectivity index (χ1n) is 6.88. The number of nitrogens with two attached hydrogens (primary N) is 1. The average Bonchev–Trinajstić information content (AvgIpc) is 2.41. The number of rotatable bonds is 5. The molecule has 1 atom stereocenters. The molecule has 0 saturated carbocycles. The molecule has 112 valence electrons. The number of hydrogen-bond donors (Lipinski definition) is 1. The van der Waals surface area contributed by atoms with Gasteiger partial charge in [0.25, 0.3) is 0 Å². The van der Waals surface area contributed by atoms with Crippen LogP contribution >= 0.6 is 11.6 Å². The van der Waals surface area contributed by atoms with Gasteiger partial charge in [-0.1, -0.05) is 35.9 Å². The summed E-state index contributed by atoms with van der Waals surface area (Å²) in [5, 5.41) is 0.108. The number of para-hydroxylation sites is 1. The third-order valence-corrected chi connectivity index (χ3v) is 3.49. The molecule has 0 bridgehead atoms. The Hall–Kier alpha value is -1.58. The van der Waals surface area contributed by atoms with Gasteiger partial charge in [0.1, 0.15) is 18.2 Å². The van der Waals surface area contributed by atoms with E-state index in [1.165, 1.54) is 6.07 Å². The fourth-order valence-electron chi connectivity index (χ4n) is 2.21. The van der Waals surface area contributed by atoms with Crippen LogP contribution in [0.2, 0.25) is 5.02 Å². The van der Waals surface area contributed by atoms with Crippen molar-refractivity contribution in [3.63, 3.8) is 0 Å². The Labute approximate surface area is 129 Å². The monoisotopic (exact) mass is 307 g/mol. The molecule has 2 nitrogen and oxygen atoms in total. The van der Waals surface area contributed by atoms with Crippen LogP contribution in [0.25, 0.3) is 0 Å². The van der Waals surface area contributed by atoms with Crippen molar-refractivity contribution in [2.24, 2.45) is 5.73 Å². The van der Waals surface area contributed by atoms with Gasteiger partial charge in [0, 0.05) is 6.04 Å². The van der Waals surface area contributed by atoms with Gasteiger partial charge >= 0.3 is 0 Å². The largest absolute Gasteiger partial charge is 0.488 e. The van der Waals surface area contributed by atoms with Crippen LogP contribution in [-0.2, 0) is 13.0 Å². The smallest absolute Gasteiger partial charge is 0.141 e. The van der Waals surface area contributed by atoms with E-state index >= 15 is 0 Å². The van der Waals surface area contributed by atoms with Crippen LogP contribution in [0.4, 0.5) is 4.39 Å². The van der Waals surface area contributed by atoms with Gasteiger partial charge in [-0.05, 0) is 49.1 Å². The number of benzene rings is 2. The minimum atomic E-state index is -0.422. The molecule has 21 heavy (non-hydrogen) atoms. The SMILES string of the molecule is Cc1cccc(CC(C)N)c1OCc1ccc(F)c(Cl)c1. The van der Waals surface area contributed by atoms with E-state index in [1.807, 2.05) is 32.0 Å². The van der Waals surface area contributed by atoms with E-state index in [0.29, 0.717) is 6.61 Å². The first kappa shape index (κ1) is 15.8. The molecular weight excluding hydrogens is 289 g/mol. The van der Waals surface area contributed by atoms with Gasteiger partial charge in [-0.3, -0.25) is 0 Å². The Kier molecular flexibility index (Phi) is 5.21. The molecule has 0 radical (unpaired) electrons. The Bertz CT molecular complexity index is 628. The molecule has 2 aromatic rings. The molecule has 4 heteroatoms. The Morgan fingerprint density at radius 1 is 1.29 bits per heavy atom. The maximum absolute atomic E-state index is 13.1. The average molecular weight is 308 g/mol. The van der Waals surface area contributed by atoms with E-state index in [2.05, 4.69) is 0 Å². The Balaban J connectivity index is 2.17. The maximum atomic E-state index is 13.1. The van der Waals surface area contributed by atoms with Crippen molar-refractivity contribution in [2.75, 3.05) is 0 Å². The standard InChI is InChI=1S/C17H19ClFNO/c1-11-4-3-5-14(8-12(2)20)17(11)21-10-13-6-7-16(19)15(18)9-13/h3-7,9,12H,8,10,20H2,1-2H3. The van der Waals surface area contributed by atoms with Crippen molar-refractivity contribution in [2.45, 2.75) is 32.9 Å². The summed E-state index contributed by atoms with van der Waals surface area (Å²) in [4.78, 5) is 0. The van der Waals surface area contributed by atoms with Gasteiger partial charge in [0.05, 0.1) is 5.02 Å². The van der Waals surface area contributed by atoms with Crippen molar-refractivity contribution in [1.82, 2.24) is 0 Å². The molecule has 2 N–H and O–H groups in total. The highest BCUT2D eigenvalue weighted by Crippen LogP contribution is 2.26. The third kappa shape index (κ3) is 4.19. The highest BCUT2D eigenvalue weighted by molar-refractivity contribution is 6.30. The highest BCUT2D eigenvalue weighted by atomic mass is 35.5. The molecule has 0 spiro atoms. The molecule has 0 amide bonds. The summed E-state index contributed by atoms with van der Waals surface area (Å²) >= 11 is 5.78. The maximum Gasteiger partial charge on any atom is 0.141 e. The molecular formula is C17H19ClFNO. The van der Waals surface area contributed by atoms with Gasteiger partial charge in [-0.2, -0.15) is 0 Å². The van der Waals surface area contributed by atoms with Crippen molar-refractivity contribution < 1.29 is 9.13 Å². The molecule has 0 aliphatic heterocycles. The van der Waals surface area contributed by atoms with E-state index in [9.17, 15) is 4.39 Å². The predicted molar refractivity (Wildman–Crippen MR) is 84.3 cm³/mol. The minimum absolute atomic E-state index is 0.0643. The zero-order chi connectivity index (χ0) is 15.4. The van der Waals surface area contributed by atoms with Crippen LogP contribution in [0.1, 0.15) is 23.6 Å². The van der Waals surface area contributed by atoms with E-state index < -0.39 is 5.82 Å². The minimum Gasteiger partial charge on any atom is -0.488 e.